The van der Waals surface area contributed by atoms with Crippen molar-refractivity contribution in [3.05, 3.63) is 64.7 Å². The van der Waals surface area contributed by atoms with E-state index in [0.29, 0.717) is 25.4 Å². The Balaban J connectivity index is 1.56. The molecule has 1 aliphatic heterocycles. The van der Waals surface area contributed by atoms with Crippen LogP contribution in [0.25, 0.3) is 0 Å². The lowest BCUT2D eigenvalue weighted by Gasteiger charge is -2.47. The summed E-state index contributed by atoms with van der Waals surface area (Å²) in [4.78, 5) is 42.6. The number of urea groups is 1. The molecule has 7 heteroatoms. The minimum Gasteiger partial charge on any atom is -0.383 e. The second-order valence-electron chi connectivity index (χ2n) is 9.66. The SMILES string of the molecule is COCCNC(=O)Cc1ccc(N2C(=O)C3CCCCC3N(Cc3cc(C)ccc3C)C2=O)cc1. The number of nitrogens with one attached hydrogen (secondary N) is 1. The third-order valence-electron chi connectivity index (χ3n) is 7.14. The number of anilines is 1. The van der Waals surface area contributed by atoms with Crippen LogP contribution in [-0.2, 0) is 27.3 Å². The van der Waals surface area contributed by atoms with Crippen LogP contribution >= 0.6 is 0 Å². The van der Waals surface area contributed by atoms with Gasteiger partial charge in [-0.1, -0.05) is 48.7 Å². The van der Waals surface area contributed by atoms with Gasteiger partial charge in [0.2, 0.25) is 11.8 Å². The van der Waals surface area contributed by atoms with Crippen molar-refractivity contribution < 1.29 is 19.1 Å². The van der Waals surface area contributed by atoms with Crippen LogP contribution < -0.4 is 10.2 Å². The fraction of sp³-hybridized carbons (Fsp3) is 0.464. The molecule has 7 nitrogen and oxygen atoms in total. The zero-order valence-corrected chi connectivity index (χ0v) is 20.9. The van der Waals surface area contributed by atoms with E-state index in [9.17, 15) is 14.4 Å². The monoisotopic (exact) mass is 477 g/mol. The fourth-order valence-electron chi connectivity index (χ4n) is 5.18. The molecular formula is C28H35N3O4. The summed E-state index contributed by atoms with van der Waals surface area (Å²) in [5.74, 6) is -0.385. The van der Waals surface area contributed by atoms with E-state index in [2.05, 4.69) is 37.4 Å². The topological polar surface area (TPSA) is 79.0 Å². The van der Waals surface area contributed by atoms with Crippen molar-refractivity contribution >= 4 is 23.5 Å². The van der Waals surface area contributed by atoms with Crippen LogP contribution in [0.4, 0.5) is 10.5 Å². The normalized spacial score (nSPS) is 20.1. The van der Waals surface area contributed by atoms with Crippen LogP contribution in [0.3, 0.4) is 0 Å². The lowest BCUT2D eigenvalue weighted by atomic mass is 9.80. The molecule has 2 aromatic rings. The van der Waals surface area contributed by atoms with E-state index in [1.165, 1.54) is 4.90 Å². The van der Waals surface area contributed by atoms with Gasteiger partial charge in [0.25, 0.3) is 0 Å². The number of methoxy groups -OCH3 is 1. The molecule has 1 N–H and O–H groups in total. The average Bonchev–Trinajstić information content (AvgIpc) is 2.85. The van der Waals surface area contributed by atoms with Crippen molar-refractivity contribution in [3.8, 4) is 0 Å². The zero-order chi connectivity index (χ0) is 24.9. The van der Waals surface area contributed by atoms with Gasteiger partial charge in [-0.3, -0.25) is 9.59 Å². The first-order chi connectivity index (χ1) is 16.9. The molecule has 4 rings (SSSR count). The number of ether oxygens (including phenoxy) is 1. The molecule has 1 saturated carbocycles. The molecule has 186 valence electrons. The van der Waals surface area contributed by atoms with E-state index in [4.69, 9.17) is 4.74 Å². The predicted octanol–water partition coefficient (Wildman–Crippen LogP) is 4.14. The number of imide groups is 1. The summed E-state index contributed by atoms with van der Waals surface area (Å²) >= 11 is 0. The summed E-state index contributed by atoms with van der Waals surface area (Å²) < 4.78 is 4.95. The van der Waals surface area contributed by atoms with E-state index < -0.39 is 0 Å². The summed E-state index contributed by atoms with van der Waals surface area (Å²) in [5.41, 5.74) is 4.80. The smallest absolute Gasteiger partial charge is 0.331 e. The van der Waals surface area contributed by atoms with Crippen LogP contribution in [0.2, 0.25) is 0 Å². The molecule has 1 aliphatic carbocycles. The molecule has 0 radical (unpaired) electrons. The van der Waals surface area contributed by atoms with Gasteiger partial charge in [-0.05, 0) is 55.5 Å². The first kappa shape index (κ1) is 24.9. The minimum atomic E-state index is -0.260. The third-order valence-corrected chi connectivity index (χ3v) is 7.14. The van der Waals surface area contributed by atoms with Gasteiger partial charge in [0, 0.05) is 26.2 Å². The summed E-state index contributed by atoms with van der Waals surface area (Å²) in [5, 5.41) is 2.80. The minimum absolute atomic E-state index is 0.0602. The lowest BCUT2D eigenvalue weighted by molar-refractivity contribution is -0.127. The van der Waals surface area contributed by atoms with Gasteiger partial charge < -0.3 is 15.0 Å². The Morgan fingerprint density at radius 2 is 1.80 bits per heavy atom. The fourth-order valence-corrected chi connectivity index (χ4v) is 5.18. The number of amides is 4. The van der Waals surface area contributed by atoms with Gasteiger partial charge in [-0.2, -0.15) is 0 Å². The van der Waals surface area contributed by atoms with Crippen LogP contribution in [-0.4, -0.2) is 49.0 Å². The van der Waals surface area contributed by atoms with E-state index in [1.807, 2.05) is 17.0 Å². The summed E-state index contributed by atoms with van der Waals surface area (Å²) in [6.45, 7) is 5.54. The molecule has 1 saturated heterocycles. The Kier molecular flexibility index (Phi) is 7.86. The zero-order valence-electron chi connectivity index (χ0n) is 20.9. The molecule has 2 fully saturated rings. The number of rotatable bonds is 8. The number of benzene rings is 2. The first-order valence-corrected chi connectivity index (χ1v) is 12.4. The van der Waals surface area contributed by atoms with Crippen molar-refractivity contribution in [2.24, 2.45) is 5.92 Å². The second kappa shape index (κ2) is 11.0. The van der Waals surface area contributed by atoms with Crippen LogP contribution in [0.5, 0.6) is 0 Å². The Labute approximate surface area is 207 Å². The second-order valence-corrected chi connectivity index (χ2v) is 9.66. The van der Waals surface area contributed by atoms with Gasteiger partial charge in [-0.25, -0.2) is 9.69 Å². The molecule has 0 spiro atoms. The van der Waals surface area contributed by atoms with Crippen molar-refractivity contribution in [3.63, 3.8) is 0 Å². The van der Waals surface area contributed by atoms with Crippen molar-refractivity contribution in [1.29, 1.82) is 0 Å². The number of hydrogen-bond acceptors (Lipinski definition) is 4. The summed E-state index contributed by atoms with van der Waals surface area (Å²) in [7, 11) is 1.59. The number of fused-ring (bicyclic) bond motifs is 1. The van der Waals surface area contributed by atoms with Crippen molar-refractivity contribution in [1.82, 2.24) is 10.2 Å². The maximum absolute atomic E-state index is 13.8. The highest BCUT2D eigenvalue weighted by atomic mass is 16.5. The maximum atomic E-state index is 13.8. The number of carbonyl (C=O) groups excluding carboxylic acids is 3. The van der Waals surface area contributed by atoms with E-state index in [1.54, 1.807) is 19.2 Å². The highest BCUT2D eigenvalue weighted by Crippen LogP contribution is 2.37. The van der Waals surface area contributed by atoms with E-state index in [-0.39, 0.29) is 36.2 Å². The predicted molar refractivity (Wildman–Crippen MR) is 135 cm³/mol. The molecule has 2 atom stereocenters. The van der Waals surface area contributed by atoms with Crippen molar-refractivity contribution in [2.75, 3.05) is 25.2 Å². The Hall–Kier alpha value is -3.19. The molecule has 35 heavy (non-hydrogen) atoms. The molecule has 2 aliphatic rings. The van der Waals surface area contributed by atoms with Gasteiger partial charge in [0.15, 0.2) is 0 Å². The largest absolute Gasteiger partial charge is 0.383 e. The molecular weight excluding hydrogens is 442 g/mol. The van der Waals surface area contributed by atoms with Gasteiger partial charge in [0.05, 0.1) is 24.6 Å². The molecule has 4 amide bonds. The highest BCUT2D eigenvalue weighted by molar-refractivity contribution is 6.17. The van der Waals surface area contributed by atoms with Crippen LogP contribution in [0, 0.1) is 19.8 Å². The van der Waals surface area contributed by atoms with Gasteiger partial charge in [-0.15, -0.1) is 0 Å². The molecule has 0 aromatic heterocycles. The Morgan fingerprint density at radius 1 is 1.06 bits per heavy atom. The molecule has 1 heterocycles. The number of hydrogen-bond donors (Lipinski definition) is 1. The third kappa shape index (κ3) is 5.56. The Bertz CT molecular complexity index is 1080. The standard InChI is InChI=1S/C28H35N3O4/c1-19-8-9-20(2)22(16-19)18-30-25-7-5-4-6-24(25)27(33)31(28(30)34)23-12-10-21(11-13-23)17-26(32)29-14-15-35-3/h8-13,16,24-25H,4-7,14-15,17-18H2,1-3H3,(H,29,32). The number of carbonyl (C=O) groups is 3. The van der Waals surface area contributed by atoms with E-state index >= 15 is 0 Å². The van der Waals surface area contributed by atoms with Crippen LogP contribution in [0.15, 0.2) is 42.5 Å². The molecule has 0 bridgehead atoms. The average molecular weight is 478 g/mol. The summed E-state index contributed by atoms with van der Waals surface area (Å²) in [6.07, 6.45) is 3.93. The number of nitrogens with zero attached hydrogens (tertiary/aromatic N) is 2. The summed E-state index contributed by atoms with van der Waals surface area (Å²) in [6, 6.07) is 13.1. The van der Waals surface area contributed by atoms with Gasteiger partial charge in [0.1, 0.15) is 0 Å². The van der Waals surface area contributed by atoms with E-state index in [0.717, 1.165) is 47.9 Å². The molecule has 2 unspecified atom stereocenters. The highest BCUT2D eigenvalue weighted by Gasteiger charge is 2.47. The lowest BCUT2D eigenvalue weighted by Crippen LogP contribution is -2.62. The quantitative estimate of drug-likeness (QED) is 0.580. The van der Waals surface area contributed by atoms with Crippen LogP contribution in [0.1, 0.15) is 47.9 Å². The maximum Gasteiger partial charge on any atom is 0.331 e. The van der Waals surface area contributed by atoms with Crippen molar-refractivity contribution in [2.45, 2.75) is 58.5 Å². The first-order valence-electron chi connectivity index (χ1n) is 12.4. The van der Waals surface area contributed by atoms with Gasteiger partial charge >= 0.3 is 6.03 Å². The molecule has 2 aromatic carbocycles. The number of aryl methyl sites for hydroxylation is 2. The Morgan fingerprint density at radius 3 is 2.54 bits per heavy atom.